The van der Waals surface area contributed by atoms with Gasteiger partial charge in [0.1, 0.15) is 17.3 Å². The zero-order valence-electron chi connectivity index (χ0n) is 11.0. The molecular formula is C14H13BrCl2N2O. The van der Waals surface area contributed by atoms with Crippen LogP contribution in [-0.4, -0.2) is 9.97 Å². The Morgan fingerprint density at radius 3 is 2.65 bits per heavy atom. The summed E-state index contributed by atoms with van der Waals surface area (Å²) >= 11 is 15.2. The molecule has 0 aliphatic carbocycles. The molecule has 0 bridgehead atoms. The van der Waals surface area contributed by atoms with Crippen LogP contribution in [0.1, 0.15) is 31.3 Å². The van der Waals surface area contributed by atoms with Crippen LogP contribution in [0, 0.1) is 0 Å². The summed E-state index contributed by atoms with van der Waals surface area (Å²) in [6.45, 7) is 4.06. The second kappa shape index (κ2) is 6.74. The van der Waals surface area contributed by atoms with Crippen LogP contribution >= 0.6 is 39.1 Å². The zero-order valence-corrected chi connectivity index (χ0v) is 14.1. The molecule has 1 aromatic carbocycles. The first-order chi connectivity index (χ1) is 9.51. The molecular weight excluding hydrogens is 363 g/mol. The molecule has 0 fully saturated rings. The summed E-state index contributed by atoms with van der Waals surface area (Å²) < 4.78 is 6.57. The number of hydrogen-bond donors (Lipinski definition) is 0. The van der Waals surface area contributed by atoms with Crippen molar-refractivity contribution in [3.05, 3.63) is 45.4 Å². The highest BCUT2D eigenvalue weighted by atomic mass is 79.9. The summed E-state index contributed by atoms with van der Waals surface area (Å²) in [7, 11) is 0. The Bertz CT molecular complexity index is 620. The predicted molar refractivity (Wildman–Crippen MR) is 84.9 cm³/mol. The summed E-state index contributed by atoms with van der Waals surface area (Å²) in [5.41, 5.74) is 0.673. The number of ether oxygens (including phenoxy) is 1. The van der Waals surface area contributed by atoms with Crippen LogP contribution in [0.2, 0.25) is 5.02 Å². The predicted octanol–water partition coefficient (Wildman–Crippen LogP) is 5.55. The summed E-state index contributed by atoms with van der Waals surface area (Å²) in [4.78, 5) is 8.72. The average Bonchev–Trinajstić information content (AvgIpc) is 2.42. The van der Waals surface area contributed by atoms with E-state index < -0.39 is 0 Å². The molecule has 0 aliphatic rings. The van der Waals surface area contributed by atoms with Crippen molar-refractivity contribution >= 4 is 39.1 Å². The third-order valence-electron chi connectivity index (χ3n) is 2.60. The van der Waals surface area contributed by atoms with Gasteiger partial charge in [0.15, 0.2) is 5.75 Å². The molecule has 20 heavy (non-hydrogen) atoms. The minimum absolute atomic E-state index is 0.244. The smallest absolute Gasteiger partial charge is 0.168 e. The fraction of sp³-hybridized carbons (Fsp3) is 0.286. The highest BCUT2D eigenvalue weighted by Gasteiger charge is 2.12. The molecule has 0 spiro atoms. The number of nitrogens with zero attached hydrogens (tertiary/aromatic N) is 2. The Hall–Kier alpha value is -0.840. The number of halogens is 3. The van der Waals surface area contributed by atoms with E-state index in [0.717, 1.165) is 10.3 Å². The van der Waals surface area contributed by atoms with Crippen molar-refractivity contribution in [2.75, 3.05) is 0 Å². The minimum atomic E-state index is 0.244. The van der Waals surface area contributed by atoms with E-state index in [1.165, 1.54) is 0 Å². The number of rotatable bonds is 4. The van der Waals surface area contributed by atoms with E-state index in [1.54, 1.807) is 24.4 Å². The maximum atomic E-state index is 5.94. The Morgan fingerprint density at radius 1 is 1.30 bits per heavy atom. The Kier molecular flexibility index (Phi) is 5.24. The highest BCUT2D eigenvalue weighted by Crippen LogP contribution is 2.33. The third-order valence-corrected chi connectivity index (χ3v) is 3.71. The van der Waals surface area contributed by atoms with Crippen molar-refractivity contribution in [2.24, 2.45) is 0 Å². The molecule has 3 nitrogen and oxygen atoms in total. The molecule has 6 heteroatoms. The molecule has 2 rings (SSSR count). The number of hydrogen-bond acceptors (Lipinski definition) is 3. The maximum absolute atomic E-state index is 5.94. The molecule has 1 heterocycles. The van der Waals surface area contributed by atoms with E-state index in [1.807, 2.05) is 13.8 Å². The van der Waals surface area contributed by atoms with Crippen molar-refractivity contribution in [3.63, 3.8) is 0 Å². The van der Waals surface area contributed by atoms with Crippen molar-refractivity contribution in [3.8, 4) is 11.5 Å². The molecule has 2 aromatic rings. The number of aromatic nitrogens is 2. The van der Waals surface area contributed by atoms with Gasteiger partial charge in [0, 0.05) is 10.9 Å². The van der Waals surface area contributed by atoms with Gasteiger partial charge in [-0.25, -0.2) is 9.97 Å². The summed E-state index contributed by atoms with van der Waals surface area (Å²) in [5.74, 6) is 2.45. The van der Waals surface area contributed by atoms with Crippen LogP contribution in [0.5, 0.6) is 11.5 Å². The SMILES string of the molecule is CC(C)c1ncc(Oc2ccc(Cl)cc2Br)c(CCl)n1. The van der Waals surface area contributed by atoms with Gasteiger partial charge in [-0.3, -0.25) is 0 Å². The third kappa shape index (κ3) is 3.62. The van der Waals surface area contributed by atoms with Crippen molar-refractivity contribution in [1.29, 1.82) is 0 Å². The molecule has 106 valence electrons. The van der Waals surface area contributed by atoms with Gasteiger partial charge in [0.2, 0.25) is 0 Å². The van der Waals surface area contributed by atoms with Gasteiger partial charge >= 0.3 is 0 Å². The number of benzene rings is 1. The number of alkyl halides is 1. The Morgan fingerprint density at radius 2 is 2.05 bits per heavy atom. The molecule has 0 radical (unpaired) electrons. The molecule has 0 N–H and O–H groups in total. The van der Waals surface area contributed by atoms with Gasteiger partial charge in [-0.2, -0.15) is 0 Å². The normalized spacial score (nSPS) is 10.9. The van der Waals surface area contributed by atoms with Crippen LogP contribution < -0.4 is 4.74 Å². The first-order valence-electron chi connectivity index (χ1n) is 6.06. The van der Waals surface area contributed by atoms with Crippen LogP contribution in [0.25, 0.3) is 0 Å². The molecule has 0 aliphatic heterocycles. The lowest BCUT2D eigenvalue weighted by molar-refractivity contribution is 0.467. The highest BCUT2D eigenvalue weighted by molar-refractivity contribution is 9.10. The van der Waals surface area contributed by atoms with E-state index >= 15 is 0 Å². The second-order valence-corrected chi connectivity index (χ2v) is 6.06. The van der Waals surface area contributed by atoms with Gasteiger partial charge in [-0.15, -0.1) is 11.6 Å². The average molecular weight is 376 g/mol. The first-order valence-corrected chi connectivity index (χ1v) is 7.76. The van der Waals surface area contributed by atoms with Crippen LogP contribution in [0.3, 0.4) is 0 Å². The van der Waals surface area contributed by atoms with E-state index in [-0.39, 0.29) is 11.8 Å². The Balaban J connectivity index is 2.33. The van der Waals surface area contributed by atoms with Crippen LogP contribution in [0.4, 0.5) is 0 Å². The molecule has 0 saturated carbocycles. The van der Waals surface area contributed by atoms with Crippen LogP contribution in [0.15, 0.2) is 28.9 Å². The lowest BCUT2D eigenvalue weighted by Gasteiger charge is -2.12. The second-order valence-electron chi connectivity index (χ2n) is 4.50. The van der Waals surface area contributed by atoms with Gasteiger partial charge < -0.3 is 4.74 Å². The van der Waals surface area contributed by atoms with Crippen molar-refractivity contribution in [1.82, 2.24) is 9.97 Å². The molecule has 0 unspecified atom stereocenters. The Labute approximate surface area is 136 Å². The van der Waals surface area contributed by atoms with Crippen molar-refractivity contribution in [2.45, 2.75) is 25.6 Å². The molecule has 0 saturated heterocycles. The lowest BCUT2D eigenvalue weighted by Crippen LogP contribution is -2.02. The summed E-state index contributed by atoms with van der Waals surface area (Å²) in [6.07, 6.45) is 1.65. The van der Waals surface area contributed by atoms with E-state index in [2.05, 4.69) is 25.9 Å². The van der Waals surface area contributed by atoms with E-state index in [4.69, 9.17) is 27.9 Å². The quantitative estimate of drug-likeness (QED) is 0.657. The van der Waals surface area contributed by atoms with Gasteiger partial charge in [0.25, 0.3) is 0 Å². The van der Waals surface area contributed by atoms with Crippen LogP contribution in [-0.2, 0) is 5.88 Å². The van der Waals surface area contributed by atoms with Gasteiger partial charge in [-0.1, -0.05) is 25.4 Å². The van der Waals surface area contributed by atoms with Gasteiger partial charge in [0.05, 0.1) is 16.5 Å². The molecule has 0 amide bonds. The minimum Gasteiger partial charge on any atom is -0.453 e. The first kappa shape index (κ1) is 15.5. The van der Waals surface area contributed by atoms with Gasteiger partial charge in [-0.05, 0) is 34.1 Å². The standard InChI is InChI=1S/C14H13BrCl2N2O/c1-8(2)14-18-7-13(11(6-16)19-14)20-12-4-3-9(17)5-10(12)15/h3-5,7-8H,6H2,1-2H3. The van der Waals surface area contributed by atoms with E-state index in [0.29, 0.717) is 22.2 Å². The molecule has 1 aromatic heterocycles. The lowest BCUT2D eigenvalue weighted by atomic mass is 10.2. The summed E-state index contributed by atoms with van der Waals surface area (Å²) in [5, 5.41) is 0.633. The summed E-state index contributed by atoms with van der Waals surface area (Å²) in [6, 6.07) is 5.30. The largest absolute Gasteiger partial charge is 0.453 e. The topological polar surface area (TPSA) is 35.0 Å². The monoisotopic (exact) mass is 374 g/mol. The molecule has 0 atom stereocenters. The zero-order chi connectivity index (χ0) is 14.7. The fourth-order valence-corrected chi connectivity index (χ4v) is 2.51. The van der Waals surface area contributed by atoms with E-state index in [9.17, 15) is 0 Å². The maximum Gasteiger partial charge on any atom is 0.168 e. The van der Waals surface area contributed by atoms with Crippen molar-refractivity contribution < 1.29 is 4.74 Å². The fourth-order valence-electron chi connectivity index (χ4n) is 1.56.